The Morgan fingerprint density at radius 1 is 1.31 bits per heavy atom. The average Bonchev–Trinajstić information content (AvgIpc) is 2.26. The highest BCUT2D eigenvalue weighted by Crippen LogP contribution is 2.09. The lowest BCUT2D eigenvalue weighted by atomic mass is 10.1. The summed E-state index contributed by atoms with van der Waals surface area (Å²) in [5.41, 5.74) is 7.81. The molecule has 0 aliphatic rings. The highest BCUT2D eigenvalue weighted by molar-refractivity contribution is 7.84. The summed E-state index contributed by atoms with van der Waals surface area (Å²) in [6, 6.07) is 8.05. The van der Waals surface area contributed by atoms with Crippen molar-refractivity contribution in [2.45, 2.75) is 32.6 Å². The Labute approximate surface area is 101 Å². The maximum atomic E-state index is 11.8. The summed E-state index contributed by atoms with van der Waals surface area (Å²) in [5, 5.41) is 0. The van der Waals surface area contributed by atoms with Gasteiger partial charge in [0.15, 0.2) is 0 Å². The van der Waals surface area contributed by atoms with Gasteiger partial charge in [-0.05, 0) is 23.5 Å². The largest absolute Gasteiger partial charge is 0.326 e. The summed E-state index contributed by atoms with van der Waals surface area (Å²) in [6.07, 6.45) is 1.03. The molecule has 0 aliphatic carbocycles. The Bertz CT molecular complexity index is 350. The minimum Gasteiger partial charge on any atom is -0.326 e. The highest BCUT2D eigenvalue weighted by atomic mass is 32.2. The summed E-state index contributed by atoms with van der Waals surface area (Å²) in [5.74, 6) is 2.07. The van der Waals surface area contributed by atoms with E-state index in [4.69, 9.17) is 5.73 Å². The highest BCUT2D eigenvalue weighted by Gasteiger charge is 2.04. The van der Waals surface area contributed by atoms with Gasteiger partial charge in [0.1, 0.15) is 0 Å². The van der Waals surface area contributed by atoms with Crippen LogP contribution >= 0.6 is 0 Å². The first-order valence-electron chi connectivity index (χ1n) is 5.74. The zero-order valence-corrected chi connectivity index (χ0v) is 10.9. The number of hydrogen-bond donors (Lipinski definition) is 1. The van der Waals surface area contributed by atoms with Gasteiger partial charge < -0.3 is 5.73 Å². The van der Waals surface area contributed by atoms with E-state index in [1.807, 2.05) is 24.3 Å². The lowest BCUT2D eigenvalue weighted by Gasteiger charge is -2.06. The molecule has 0 amide bonds. The van der Waals surface area contributed by atoms with Gasteiger partial charge in [-0.15, -0.1) is 0 Å². The quantitative estimate of drug-likeness (QED) is 0.828. The van der Waals surface area contributed by atoms with Gasteiger partial charge in [0.05, 0.1) is 0 Å². The van der Waals surface area contributed by atoms with Crippen molar-refractivity contribution in [3.63, 3.8) is 0 Å². The molecule has 0 saturated heterocycles. The summed E-state index contributed by atoms with van der Waals surface area (Å²) in [7, 11) is -0.743. The average molecular weight is 239 g/mol. The van der Waals surface area contributed by atoms with Crippen LogP contribution in [0.15, 0.2) is 24.3 Å². The van der Waals surface area contributed by atoms with Crippen molar-refractivity contribution in [2.75, 3.05) is 5.75 Å². The van der Waals surface area contributed by atoms with Gasteiger partial charge in [-0.2, -0.15) is 0 Å². The number of hydrogen-bond acceptors (Lipinski definition) is 2. The normalized spacial score (nSPS) is 13.0. The molecule has 0 spiro atoms. The van der Waals surface area contributed by atoms with E-state index in [-0.39, 0.29) is 0 Å². The smallest absolute Gasteiger partial charge is 0.0485 e. The molecule has 3 heteroatoms. The van der Waals surface area contributed by atoms with Crippen LogP contribution in [0.5, 0.6) is 0 Å². The topological polar surface area (TPSA) is 43.1 Å². The molecular weight excluding hydrogens is 218 g/mol. The molecule has 16 heavy (non-hydrogen) atoms. The van der Waals surface area contributed by atoms with Crippen molar-refractivity contribution < 1.29 is 4.21 Å². The van der Waals surface area contributed by atoms with Crippen molar-refractivity contribution in [3.8, 4) is 0 Å². The predicted octanol–water partition coefficient (Wildman–Crippen LogP) is 2.44. The second-order valence-corrected chi connectivity index (χ2v) is 6.07. The van der Waals surface area contributed by atoms with Crippen LogP contribution in [0.3, 0.4) is 0 Å². The molecular formula is C13H21NOS. The molecule has 1 aromatic rings. The van der Waals surface area contributed by atoms with Gasteiger partial charge in [0.25, 0.3) is 0 Å². The maximum absolute atomic E-state index is 11.8. The van der Waals surface area contributed by atoms with Crippen LogP contribution in [0.1, 0.15) is 31.4 Å². The van der Waals surface area contributed by atoms with E-state index in [1.165, 1.54) is 0 Å². The van der Waals surface area contributed by atoms with Gasteiger partial charge in [0.2, 0.25) is 0 Å². The van der Waals surface area contributed by atoms with Crippen molar-refractivity contribution in [1.82, 2.24) is 0 Å². The standard InChI is InChI=1S/C13H21NOS/c1-11(2)6-7-16(15)10-13-5-3-4-12(8-13)9-14/h3-5,8,11H,6-7,9-10,14H2,1-2H3. The number of rotatable bonds is 6. The van der Waals surface area contributed by atoms with Crippen molar-refractivity contribution in [1.29, 1.82) is 0 Å². The van der Waals surface area contributed by atoms with Crippen molar-refractivity contribution in [2.24, 2.45) is 11.7 Å². The maximum Gasteiger partial charge on any atom is 0.0485 e. The number of nitrogens with two attached hydrogens (primary N) is 1. The van der Waals surface area contributed by atoms with Gasteiger partial charge in [-0.25, -0.2) is 0 Å². The first kappa shape index (κ1) is 13.4. The molecule has 0 saturated carbocycles. The van der Waals surface area contributed by atoms with Gasteiger partial charge in [-0.1, -0.05) is 38.1 Å². The second kappa shape index (κ2) is 6.81. The molecule has 0 aromatic heterocycles. The van der Waals surface area contributed by atoms with E-state index in [0.717, 1.165) is 23.3 Å². The lowest BCUT2D eigenvalue weighted by molar-refractivity contribution is 0.619. The van der Waals surface area contributed by atoms with E-state index >= 15 is 0 Å². The molecule has 1 aromatic carbocycles. The van der Waals surface area contributed by atoms with E-state index < -0.39 is 10.8 Å². The molecule has 1 atom stereocenters. The molecule has 2 nitrogen and oxygen atoms in total. The molecule has 2 N–H and O–H groups in total. The van der Waals surface area contributed by atoms with Gasteiger partial charge in [0, 0.05) is 28.9 Å². The first-order valence-corrected chi connectivity index (χ1v) is 7.23. The fourth-order valence-corrected chi connectivity index (χ4v) is 2.90. The molecule has 0 heterocycles. The van der Waals surface area contributed by atoms with Crippen LogP contribution in [0, 0.1) is 5.92 Å². The zero-order chi connectivity index (χ0) is 12.0. The SMILES string of the molecule is CC(C)CCS(=O)Cc1cccc(CN)c1. The molecule has 0 fully saturated rings. The fourth-order valence-electron chi connectivity index (χ4n) is 1.47. The summed E-state index contributed by atoms with van der Waals surface area (Å²) < 4.78 is 11.8. The van der Waals surface area contributed by atoms with Crippen LogP contribution in [0.4, 0.5) is 0 Å². The van der Waals surface area contributed by atoms with Crippen LogP contribution < -0.4 is 5.73 Å². The Morgan fingerprint density at radius 2 is 2.00 bits per heavy atom. The predicted molar refractivity (Wildman–Crippen MR) is 70.5 cm³/mol. The Morgan fingerprint density at radius 3 is 2.62 bits per heavy atom. The fraction of sp³-hybridized carbons (Fsp3) is 0.538. The lowest BCUT2D eigenvalue weighted by Crippen LogP contribution is -2.04. The van der Waals surface area contributed by atoms with Crippen LogP contribution in [0.2, 0.25) is 0 Å². The zero-order valence-electron chi connectivity index (χ0n) is 10.1. The van der Waals surface area contributed by atoms with Gasteiger partial charge >= 0.3 is 0 Å². The van der Waals surface area contributed by atoms with Crippen LogP contribution in [0.25, 0.3) is 0 Å². The van der Waals surface area contributed by atoms with Crippen LogP contribution in [-0.4, -0.2) is 9.96 Å². The van der Waals surface area contributed by atoms with E-state index in [2.05, 4.69) is 13.8 Å². The van der Waals surface area contributed by atoms with Crippen molar-refractivity contribution in [3.05, 3.63) is 35.4 Å². The third-order valence-corrected chi connectivity index (χ3v) is 3.82. The first-order chi connectivity index (χ1) is 7.61. The Hall–Kier alpha value is -0.670. The Balaban J connectivity index is 2.49. The van der Waals surface area contributed by atoms with Crippen molar-refractivity contribution >= 4 is 10.8 Å². The summed E-state index contributed by atoms with van der Waals surface area (Å²) in [6.45, 7) is 4.87. The minimum absolute atomic E-state index is 0.548. The number of benzene rings is 1. The Kier molecular flexibility index (Phi) is 5.71. The molecule has 0 bridgehead atoms. The molecule has 0 aliphatic heterocycles. The third kappa shape index (κ3) is 4.90. The minimum atomic E-state index is -0.743. The van der Waals surface area contributed by atoms with E-state index in [0.29, 0.717) is 18.2 Å². The summed E-state index contributed by atoms with van der Waals surface area (Å²) >= 11 is 0. The van der Waals surface area contributed by atoms with Crippen LogP contribution in [-0.2, 0) is 23.1 Å². The second-order valence-electron chi connectivity index (χ2n) is 4.49. The monoisotopic (exact) mass is 239 g/mol. The molecule has 0 radical (unpaired) electrons. The third-order valence-electron chi connectivity index (χ3n) is 2.48. The van der Waals surface area contributed by atoms with Gasteiger partial charge in [-0.3, -0.25) is 4.21 Å². The summed E-state index contributed by atoms with van der Waals surface area (Å²) in [4.78, 5) is 0. The molecule has 1 rings (SSSR count). The molecule has 1 unspecified atom stereocenters. The van der Waals surface area contributed by atoms with E-state index in [9.17, 15) is 4.21 Å². The molecule has 90 valence electrons. The van der Waals surface area contributed by atoms with E-state index in [1.54, 1.807) is 0 Å².